The summed E-state index contributed by atoms with van der Waals surface area (Å²) in [6.07, 6.45) is 2.22. The average molecular weight is 320 g/mol. The summed E-state index contributed by atoms with van der Waals surface area (Å²) in [6, 6.07) is 7.36. The molecule has 1 aromatic carbocycles. The highest BCUT2D eigenvalue weighted by Crippen LogP contribution is 2.16. The van der Waals surface area contributed by atoms with E-state index >= 15 is 0 Å². The average Bonchev–Trinajstić information content (AvgIpc) is 2.51. The Bertz CT molecular complexity index is 503. The number of nitrogens with zero attached hydrogens (tertiary/aromatic N) is 1. The molecule has 23 heavy (non-hydrogen) atoms. The molecule has 0 radical (unpaired) electrons. The number of aliphatic imine (C=N–C) groups is 1. The van der Waals surface area contributed by atoms with E-state index in [-0.39, 0.29) is 5.91 Å². The zero-order valence-electron chi connectivity index (χ0n) is 14.3. The van der Waals surface area contributed by atoms with E-state index in [9.17, 15) is 4.79 Å². The Kier molecular flexibility index (Phi) is 9.28. The van der Waals surface area contributed by atoms with Crippen molar-refractivity contribution in [1.82, 2.24) is 10.6 Å². The number of ether oxygens (including phenoxy) is 1. The predicted molar refractivity (Wildman–Crippen MR) is 95.1 cm³/mol. The van der Waals surface area contributed by atoms with E-state index in [4.69, 9.17) is 4.74 Å². The van der Waals surface area contributed by atoms with Gasteiger partial charge in [0.15, 0.2) is 5.96 Å². The highest BCUT2D eigenvalue weighted by Gasteiger charge is 2.00. The molecule has 128 valence electrons. The minimum absolute atomic E-state index is 0.0950. The summed E-state index contributed by atoms with van der Waals surface area (Å²) in [5.74, 6) is 1.45. The van der Waals surface area contributed by atoms with Crippen molar-refractivity contribution >= 4 is 17.6 Å². The number of hydrogen-bond acceptors (Lipinski definition) is 3. The third-order valence-electron chi connectivity index (χ3n) is 2.94. The van der Waals surface area contributed by atoms with Gasteiger partial charge >= 0.3 is 0 Å². The van der Waals surface area contributed by atoms with Gasteiger partial charge < -0.3 is 20.7 Å². The van der Waals surface area contributed by atoms with Crippen LogP contribution in [-0.4, -0.2) is 38.1 Å². The molecule has 0 heterocycles. The maximum Gasteiger partial charge on any atom is 0.221 e. The van der Waals surface area contributed by atoms with Crippen LogP contribution in [0.1, 0.15) is 33.6 Å². The number of guanidine groups is 1. The molecular weight excluding hydrogens is 292 g/mol. The molecule has 1 aromatic rings. The number of benzene rings is 1. The first-order valence-electron chi connectivity index (χ1n) is 8.18. The highest BCUT2D eigenvalue weighted by molar-refractivity contribution is 5.88. The maximum atomic E-state index is 11.0. The molecule has 6 nitrogen and oxygen atoms in total. The second kappa shape index (κ2) is 11.3. The largest absolute Gasteiger partial charge is 0.492 e. The van der Waals surface area contributed by atoms with E-state index in [1.165, 1.54) is 6.92 Å². The SMILES string of the molecule is CCCCN=C(NCC)NCCOc1cccc(NC(C)=O)c1. The van der Waals surface area contributed by atoms with Gasteiger partial charge in [0.25, 0.3) is 0 Å². The van der Waals surface area contributed by atoms with Crippen molar-refractivity contribution in [1.29, 1.82) is 0 Å². The van der Waals surface area contributed by atoms with Crippen LogP contribution in [-0.2, 0) is 4.79 Å². The van der Waals surface area contributed by atoms with Crippen LogP contribution in [0, 0.1) is 0 Å². The summed E-state index contributed by atoms with van der Waals surface area (Å²) in [5.41, 5.74) is 0.734. The Balaban J connectivity index is 2.37. The third kappa shape index (κ3) is 8.70. The van der Waals surface area contributed by atoms with Crippen molar-refractivity contribution in [3.05, 3.63) is 24.3 Å². The highest BCUT2D eigenvalue weighted by atomic mass is 16.5. The Labute approximate surface area is 138 Å². The standard InChI is InChI=1S/C17H28N4O2/c1-4-6-10-19-17(18-5-2)20-11-12-23-16-9-7-8-15(13-16)21-14(3)22/h7-9,13H,4-6,10-12H2,1-3H3,(H,21,22)(H2,18,19,20). The van der Waals surface area contributed by atoms with Gasteiger partial charge in [-0.2, -0.15) is 0 Å². The molecule has 0 unspecified atom stereocenters. The number of carbonyl (C=O) groups excluding carboxylic acids is 1. The Morgan fingerprint density at radius 1 is 1.26 bits per heavy atom. The predicted octanol–water partition coefficient (Wildman–Crippen LogP) is 2.38. The molecule has 0 fully saturated rings. The molecule has 0 bridgehead atoms. The van der Waals surface area contributed by atoms with Gasteiger partial charge in [0, 0.05) is 31.8 Å². The monoisotopic (exact) mass is 320 g/mol. The molecule has 0 aliphatic carbocycles. The molecule has 1 rings (SSSR count). The van der Waals surface area contributed by atoms with Crippen molar-refractivity contribution in [2.24, 2.45) is 4.99 Å². The summed E-state index contributed by atoms with van der Waals surface area (Å²) in [7, 11) is 0. The van der Waals surface area contributed by atoms with Crippen LogP contribution in [0.25, 0.3) is 0 Å². The van der Waals surface area contributed by atoms with E-state index < -0.39 is 0 Å². The van der Waals surface area contributed by atoms with Crippen LogP contribution < -0.4 is 20.7 Å². The third-order valence-corrected chi connectivity index (χ3v) is 2.94. The molecule has 0 saturated carbocycles. The fourth-order valence-corrected chi connectivity index (χ4v) is 1.90. The Morgan fingerprint density at radius 3 is 2.78 bits per heavy atom. The van der Waals surface area contributed by atoms with Gasteiger partial charge in [-0.05, 0) is 25.5 Å². The number of unbranched alkanes of at least 4 members (excludes halogenated alkanes) is 1. The quantitative estimate of drug-likeness (QED) is 0.371. The van der Waals surface area contributed by atoms with E-state index in [1.807, 2.05) is 31.2 Å². The van der Waals surface area contributed by atoms with Crippen molar-refractivity contribution < 1.29 is 9.53 Å². The maximum absolute atomic E-state index is 11.0. The number of amides is 1. The van der Waals surface area contributed by atoms with Crippen LogP contribution in [0.5, 0.6) is 5.75 Å². The lowest BCUT2D eigenvalue weighted by Crippen LogP contribution is -2.39. The van der Waals surface area contributed by atoms with E-state index in [0.29, 0.717) is 13.2 Å². The van der Waals surface area contributed by atoms with Crippen LogP contribution in [0.15, 0.2) is 29.3 Å². The van der Waals surface area contributed by atoms with Gasteiger partial charge in [0.05, 0.1) is 6.54 Å². The lowest BCUT2D eigenvalue weighted by Gasteiger charge is -2.12. The van der Waals surface area contributed by atoms with Gasteiger partial charge in [-0.15, -0.1) is 0 Å². The fourth-order valence-electron chi connectivity index (χ4n) is 1.90. The first-order valence-corrected chi connectivity index (χ1v) is 8.18. The summed E-state index contributed by atoms with van der Waals surface area (Å²) >= 11 is 0. The lowest BCUT2D eigenvalue weighted by molar-refractivity contribution is -0.114. The van der Waals surface area contributed by atoms with Crippen molar-refractivity contribution in [2.75, 3.05) is 31.6 Å². The van der Waals surface area contributed by atoms with Crippen molar-refractivity contribution in [3.8, 4) is 5.75 Å². The number of carbonyl (C=O) groups is 1. The van der Waals surface area contributed by atoms with Crippen LogP contribution in [0.2, 0.25) is 0 Å². The lowest BCUT2D eigenvalue weighted by atomic mass is 10.3. The first-order chi connectivity index (χ1) is 11.2. The van der Waals surface area contributed by atoms with E-state index in [1.54, 1.807) is 0 Å². The van der Waals surface area contributed by atoms with Crippen LogP contribution in [0.4, 0.5) is 5.69 Å². The van der Waals surface area contributed by atoms with Gasteiger partial charge in [0.2, 0.25) is 5.91 Å². The molecule has 3 N–H and O–H groups in total. The normalized spacial score (nSPS) is 11.0. The molecule has 0 atom stereocenters. The van der Waals surface area contributed by atoms with Crippen molar-refractivity contribution in [2.45, 2.75) is 33.6 Å². The Morgan fingerprint density at radius 2 is 2.09 bits per heavy atom. The second-order valence-electron chi connectivity index (χ2n) is 5.10. The zero-order chi connectivity index (χ0) is 16.9. The summed E-state index contributed by atoms with van der Waals surface area (Å²) < 4.78 is 5.69. The van der Waals surface area contributed by atoms with E-state index in [2.05, 4.69) is 27.9 Å². The number of nitrogens with one attached hydrogen (secondary N) is 3. The van der Waals surface area contributed by atoms with E-state index in [0.717, 1.165) is 43.3 Å². The first kappa shape index (κ1) is 18.8. The minimum Gasteiger partial charge on any atom is -0.492 e. The zero-order valence-corrected chi connectivity index (χ0v) is 14.3. The second-order valence-corrected chi connectivity index (χ2v) is 5.10. The smallest absolute Gasteiger partial charge is 0.221 e. The fraction of sp³-hybridized carbons (Fsp3) is 0.529. The van der Waals surface area contributed by atoms with Crippen molar-refractivity contribution in [3.63, 3.8) is 0 Å². The molecule has 0 aromatic heterocycles. The van der Waals surface area contributed by atoms with Gasteiger partial charge in [-0.1, -0.05) is 19.4 Å². The van der Waals surface area contributed by atoms with Gasteiger partial charge in [-0.3, -0.25) is 9.79 Å². The molecule has 1 amide bonds. The number of anilines is 1. The number of rotatable bonds is 9. The number of hydrogen-bond donors (Lipinski definition) is 3. The molecule has 0 spiro atoms. The summed E-state index contributed by atoms with van der Waals surface area (Å²) in [5, 5.41) is 9.18. The molecule has 6 heteroatoms. The molecule has 0 aliphatic rings. The molecule has 0 aliphatic heterocycles. The Hall–Kier alpha value is -2.24. The van der Waals surface area contributed by atoms with Gasteiger partial charge in [-0.25, -0.2) is 0 Å². The molecular formula is C17H28N4O2. The van der Waals surface area contributed by atoms with Crippen LogP contribution >= 0.6 is 0 Å². The molecule has 0 saturated heterocycles. The van der Waals surface area contributed by atoms with Gasteiger partial charge in [0.1, 0.15) is 12.4 Å². The minimum atomic E-state index is -0.0950. The topological polar surface area (TPSA) is 74.8 Å². The summed E-state index contributed by atoms with van der Waals surface area (Å²) in [4.78, 5) is 15.5. The van der Waals surface area contributed by atoms with Crippen LogP contribution in [0.3, 0.4) is 0 Å². The summed E-state index contributed by atoms with van der Waals surface area (Å²) in [6.45, 7) is 8.50.